The number of amides is 1. The number of hydrogen-bond donors (Lipinski definition) is 1. The molecule has 0 bridgehead atoms. The van der Waals surface area contributed by atoms with Crippen molar-refractivity contribution in [3.63, 3.8) is 0 Å². The van der Waals surface area contributed by atoms with Gasteiger partial charge in [-0.05, 0) is 38.3 Å². The molecule has 0 aliphatic carbocycles. The largest absolute Gasteiger partial charge is 0.495 e. The molecule has 2 fully saturated rings. The second-order valence-corrected chi connectivity index (χ2v) is 8.93. The molecular weight excluding hydrogens is 388 g/mol. The van der Waals surface area contributed by atoms with E-state index in [2.05, 4.69) is 4.90 Å². The van der Waals surface area contributed by atoms with Gasteiger partial charge in [-0.3, -0.25) is 19.8 Å². The Morgan fingerprint density at radius 3 is 2.50 bits per heavy atom. The molecular formula is C17H24N4O6S. The van der Waals surface area contributed by atoms with E-state index < -0.39 is 14.9 Å². The first-order chi connectivity index (χ1) is 13.3. The van der Waals surface area contributed by atoms with Gasteiger partial charge in [-0.2, -0.15) is 4.31 Å². The Bertz CT molecular complexity index is 866. The number of hydrogen-bond acceptors (Lipinski definition) is 7. The van der Waals surface area contributed by atoms with E-state index in [1.807, 2.05) is 0 Å². The fourth-order valence-electron chi connectivity index (χ4n) is 4.07. The van der Waals surface area contributed by atoms with Crippen LogP contribution < -0.4 is 10.5 Å². The Morgan fingerprint density at radius 1 is 1.25 bits per heavy atom. The molecule has 0 aromatic heterocycles. The molecule has 154 valence electrons. The number of ether oxygens (including phenoxy) is 1. The normalized spacial score (nSPS) is 22.2. The molecule has 1 amide bonds. The van der Waals surface area contributed by atoms with Crippen molar-refractivity contribution in [1.82, 2.24) is 9.21 Å². The molecule has 1 aromatic rings. The number of benzene rings is 1. The molecule has 0 saturated carbocycles. The van der Waals surface area contributed by atoms with E-state index in [0.717, 1.165) is 31.5 Å². The first-order valence-corrected chi connectivity index (χ1v) is 10.6. The van der Waals surface area contributed by atoms with E-state index in [0.29, 0.717) is 25.9 Å². The topological polar surface area (TPSA) is 136 Å². The number of primary amides is 1. The molecule has 0 radical (unpaired) electrons. The van der Waals surface area contributed by atoms with Crippen LogP contribution in [-0.2, 0) is 14.8 Å². The number of piperidine rings is 1. The van der Waals surface area contributed by atoms with Crippen LogP contribution in [0.1, 0.15) is 25.7 Å². The number of nitro groups is 1. The smallest absolute Gasteiger partial charge is 0.273 e. The number of non-ortho nitro benzene ring substituents is 1. The zero-order chi connectivity index (χ0) is 20.5. The minimum Gasteiger partial charge on any atom is -0.495 e. The quantitative estimate of drug-likeness (QED) is 0.536. The Kier molecular flexibility index (Phi) is 5.87. The van der Waals surface area contributed by atoms with E-state index in [-0.39, 0.29) is 34.3 Å². The second-order valence-electron chi connectivity index (χ2n) is 7.03. The predicted octanol–water partition coefficient (Wildman–Crippen LogP) is 0.706. The number of methoxy groups -OCH3 is 1. The zero-order valence-electron chi connectivity index (χ0n) is 15.6. The van der Waals surface area contributed by atoms with E-state index in [1.54, 1.807) is 0 Å². The van der Waals surface area contributed by atoms with Crippen LogP contribution in [0.4, 0.5) is 5.69 Å². The summed E-state index contributed by atoms with van der Waals surface area (Å²) in [6.45, 7) is 1.39. The number of nitrogens with zero attached hydrogens (tertiary/aromatic N) is 3. The number of carbonyl (C=O) groups excluding carboxylic acids is 1. The molecule has 2 heterocycles. The summed E-state index contributed by atoms with van der Waals surface area (Å²) in [5.41, 5.74) is 5.25. The van der Waals surface area contributed by atoms with Crippen molar-refractivity contribution in [3.05, 3.63) is 28.3 Å². The third-order valence-corrected chi connectivity index (χ3v) is 7.43. The van der Waals surface area contributed by atoms with Crippen LogP contribution in [0.15, 0.2) is 23.1 Å². The summed E-state index contributed by atoms with van der Waals surface area (Å²) in [5, 5.41) is 10.9. The molecule has 10 nitrogen and oxygen atoms in total. The number of sulfonamides is 1. The van der Waals surface area contributed by atoms with Gasteiger partial charge in [0.25, 0.3) is 5.69 Å². The lowest BCUT2D eigenvalue weighted by Gasteiger charge is -2.38. The molecule has 1 atom stereocenters. The summed E-state index contributed by atoms with van der Waals surface area (Å²) < 4.78 is 32.5. The molecule has 28 heavy (non-hydrogen) atoms. The van der Waals surface area contributed by atoms with Crippen molar-refractivity contribution >= 4 is 21.6 Å². The average molecular weight is 412 g/mol. The monoisotopic (exact) mass is 412 g/mol. The highest BCUT2D eigenvalue weighted by Crippen LogP contribution is 2.33. The molecule has 2 aliphatic rings. The Labute approximate surface area is 163 Å². The van der Waals surface area contributed by atoms with Gasteiger partial charge in [-0.1, -0.05) is 0 Å². The van der Waals surface area contributed by atoms with E-state index >= 15 is 0 Å². The third kappa shape index (κ3) is 3.82. The highest BCUT2D eigenvalue weighted by molar-refractivity contribution is 7.89. The van der Waals surface area contributed by atoms with Gasteiger partial charge in [-0.25, -0.2) is 8.42 Å². The third-order valence-electron chi connectivity index (χ3n) is 5.49. The summed E-state index contributed by atoms with van der Waals surface area (Å²) in [7, 11) is -2.57. The predicted molar refractivity (Wildman–Crippen MR) is 100 cm³/mol. The number of nitro benzene ring substituents is 1. The van der Waals surface area contributed by atoms with Crippen LogP contribution in [0, 0.1) is 10.1 Å². The summed E-state index contributed by atoms with van der Waals surface area (Å²) in [5.74, 6) is -0.382. The van der Waals surface area contributed by atoms with E-state index in [1.165, 1.54) is 17.5 Å². The highest BCUT2D eigenvalue weighted by atomic mass is 32.2. The maximum atomic E-state index is 13.0. The maximum Gasteiger partial charge on any atom is 0.273 e. The summed E-state index contributed by atoms with van der Waals surface area (Å²) in [4.78, 5) is 23.9. The fraction of sp³-hybridized carbons (Fsp3) is 0.588. The van der Waals surface area contributed by atoms with E-state index in [4.69, 9.17) is 10.5 Å². The lowest BCUT2D eigenvalue weighted by molar-refractivity contribution is -0.385. The lowest BCUT2D eigenvalue weighted by atomic mass is 10.0. The van der Waals surface area contributed by atoms with Crippen molar-refractivity contribution in [2.45, 2.75) is 42.7 Å². The first kappa shape index (κ1) is 20.5. The molecule has 2 N–H and O–H groups in total. The average Bonchev–Trinajstić information content (AvgIpc) is 3.17. The zero-order valence-corrected chi connectivity index (χ0v) is 16.4. The van der Waals surface area contributed by atoms with Crippen molar-refractivity contribution in [3.8, 4) is 5.75 Å². The summed E-state index contributed by atoms with van der Waals surface area (Å²) in [6.07, 6.45) is 2.84. The highest BCUT2D eigenvalue weighted by Gasteiger charge is 2.38. The standard InChI is InChI=1S/C17H24N4O6S/c1-27-15-11-13(21(23)24)4-5-16(15)28(25,26)19-9-6-12(7-10-19)20-8-2-3-14(20)17(18)22/h4-5,11-12,14H,2-3,6-10H2,1H3,(H2,18,22). The van der Waals surface area contributed by atoms with Gasteiger partial charge in [0.1, 0.15) is 10.6 Å². The number of carbonyl (C=O) groups is 1. The second kappa shape index (κ2) is 8.02. The van der Waals surface area contributed by atoms with Gasteiger partial charge >= 0.3 is 0 Å². The van der Waals surface area contributed by atoms with Gasteiger partial charge in [0.15, 0.2) is 0 Å². The van der Waals surface area contributed by atoms with Crippen LogP contribution >= 0.6 is 0 Å². The van der Waals surface area contributed by atoms with Crippen LogP contribution in [0.5, 0.6) is 5.75 Å². The molecule has 1 unspecified atom stereocenters. The van der Waals surface area contributed by atoms with Crippen LogP contribution in [0.2, 0.25) is 0 Å². The van der Waals surface area contributed by atoms with Crippen LogP contribution in [0.25, 0.3) is 0 Å². The molecule has 2 aliphatic heterocycles. The Hall–Kier alpha value is -2.24. The Balaban J connectivity index is 1.75. The molecule has 2 saturated heterocycles. The van der Waals surface area contributed by atoms with Crippen molar-refractivity contribution in [2.75, 3.05) is 26.7 Å². The van der Waals surface area contributed by atoms with Crippen LogP contribution in [-0.4, -0.2) is 67.3 Å². The molecule has 1 aromatic carbocycles. The van der Waals surface area contributed by atoms with Gasteiger partial charge in [-0.15, -0.1) is 0 Å². The number of nitrogens with two attached hydrogens (primary N) is 1. The fourth-order valence-corrected chi connectivity index (χ4v) is 5.67. The maximum absolute atomic E-state index is 13.0. The lowest BCUT2D eigenvalue weighted by Crippen LogP contribution is -2.51. The van der Waals surface area contributed by atoms with Crippen molar-refractivity contribution in [2.24, 2.45) is 5.73 Å². The van der Waals surface area contributed by atoms with E-state index in [9.17, 15) is 23.3 Å². The minimum absolute atomic E-state index is 0.0512. The number of likely N-dealkylation sites (tertiary alicyclic amines) is 1. The van der Waals surface area contributed by atoms with Crippen molar-refractivity contribution in [1.29, 1.82) is 0 Å². The van der Waals surface area contributed by atoms with Crippen molar-refractivity contribution < 1.29 is 22.9 Å². The molecule has 0 spiro atoms. The number of rotatable bonds is 6. The molecule has 3 rings (SSSR count). The summed E-state index contributed by atoms with van der Waals surface area (Å²) >= 11 is 0. The van der Waals surface area contributed by atoms with Crippen LogP contribution in [0.3, 0.4) is 0 Å². The molecule has 11 heteroatoms. The summed E-state index contributed by atoms with van der Waals surface area (Å²) in [6, 6.07) is 3.32. The van der Waals surface area contributed by atoms with Gasteiger partial charge in [0.05, 0.1) is 24.1 Å². The van der Waals surface area contributed by atoms with Gasteiger partial charge in [0.2, 0.25) is 15.9 Å². The first-order valence-electron chi connectivity index (χ1n) is 9.13. The SMILES string of the molecule is COc1cc([N+](=O)[O-])ccc1S(=O)(=O)N1CCC(N2CCCC2C(N)=O)CC1. The minimum atomic E-state index is -3.85. The van der Waals surface area contributed by atoms with Gasteiger partial charge < -0.3 is 10.5 Å². The van der Waals surface area contributed by atoms with Gasteiger partial charge in [0, 0.05) is 25.2 Å². The Morgan fingerprint density at radius 2 is 1.93 bits per heavy atom.